The van der Waals surface area contributed by atoms with Gasteiger partial charge in [-0.15, -0.1) is 0 Å². The maximum absolute atomic E-state index is 14.4. The number of sulfonamides is 1. The minimum absolute atomic E-state index is 0.0430. The third-order valence-electron chi connectivity index (χ3n) is 6.96. The van der Waals surface area contributed by atoms with E-state index in [0.717, 1.165) is 32.6 Å². The molecule has 0 aliphatic heterocycles. The van der Waals surface area contributed by atoms with Crippen LogP contribution in [0.3, 0.4) is 0 Å². The molecule has 39 heavy (non-hydrogen) atoms. The topological polar surface area (TPSA) is 119 Å². The normalized spacial score (nSPS) is 14.6. The zero-order chi connectivity index (χ0) is 27.8. The molecule has 204 valence electrons. The van der Waals surface area contributed by atoms with Crippen LogP contribution in [-0.2, 0) is 22.5 Å². The molecule has 1 fully saturated rings. The van der Waals surface area contributed by atoms with Crippen molar-refractivity contribution in [3.63, 3.8) is 0 Å². The number of nitrogens with one attached hydrogen (secondary N) is 2. The third kappa shape index (κ3) is 5.94. The Morgan fingerprint density at radius 2 is 1.77 bits per heavy atom. The number of carbonyl (C=O) groups is 1. The van der Waals surface area contributed by atoms with Crippen molar-refractivity contribution >= 4 is 38.6 Å². The molecule has 4 aromatic rings. The van der Waals surface area contributed by atoms with Crippen molar-refractivity contribution in [3.05, 3.63) is 83.4 Å². The molecule has 8 nitrogen and oxygen atoms in total. The summed E-state index contributed by atoms with van der Waals surface area (Å²) in [5.74, 6) is -2.88. The summed E-state index contributed by atoms with van der Waals surface area (Å²) in [6, 6.07) is 17.4. The Balaban J connectivity index is 1.54. The van der Waals surface area contributed by atoms with Gasteiger partial charge in [-0.05, 0) is 60.9 Å². The number of nitrogens with zero attached hydrogens (tertiary/aromatic N) is 2. The lowest BCUT2D eigenvalue weighted by atomic mass is 10.0. The number of hydrogen-bond donors (Lipinski definition) is 3. The second kappa shape index (κ2) is 10.4. The molecule has 11 heteroatoms. The number of nitrogens with two attached hydrogens (primary N) is 1. The second-order valence-electron chi connectivity index (χ2n) is 9.92. The van der Waals surface area contributed by atoms with E-state index in [1.165, 1.54) is 30.3 Å². The molecular formula is C28H29F2N5O3S. The summed E-state index contributed by atoms with van der Waals surface area (Å²) in [6.07, 6.45) is 4.12. The number of primary sulfonamides is 1. The van der Waals surface area contributed by atoms with Gasteiger partial charge in [-0.2, -0.15) is 0 Å². The van der Waals surface area contributed by atoms with Crippen LogP contribution in [0.1, 0.15) is 54.1 Å². The van der Waals surface area contributed by atoms with E-state index in [1.807, 2.05) is 0 Å². The molecule has 1 aliphatic rings. The number of hydrogen-bond acceptors (Lipinski definition) is 5. The van der Waals surface area contributed by atoms with E-state index >= 15 is 0 Å². The van der Waals surface area contributed by atoms with Crippen molar-refractivity contribution < 1.29 is 22.0 Å². The van der Waals surface area contributed by atoms with E-state index < -0.39 is 15.9 Å². The van der Waals surface area contributed by atoms with Crippen molar-refractivity contribution in [2.24, 2.45) is 5.14 Å². The zero-order valence-corrected chi connectivity index (χ0v) is 22.1. The van der Waals surface area contributed by atoms with Crippen molar-refractivity contribution in [1.82, 2.24) is 14.9 Å². The number of benzene rings is 3. The molecule has 1 aromatic heterocycles. The number of fused-ring (bicyclic) bond motifs is 1. The zero-order valence-electron chi connectivity index (χ0n) is 21.3. The van der Waals surface area contributed by atoms with Gasteiger partial charge in [0.25, 0.3) is 11.8 Å². The number of aromatic nitrogens is 2. The fourth-order valence-corrected chi connectivity index (χ4v) is 5.49. The first-order valence-corrected chi connectivity index (χ1v) is 14.2. The minimum Gasteiger partial charge on any atom is -0.349 e. The Morgan fingerprint density at radius 3 is 2.44 bits per heavy atom. The van der Waals surface area contributed by atoms with Crippen LogP contribution in [0, 0.1) is 0 Å². The number of carbonyl (C=O) groups excluding carboxylic acids is 1. The van der Waals surface area contributed by atoms with Gasteiger partial charge in [0, 0.05) is 29.8 Å². The molecule has 5 rings (SSSR count). The van der Waals surface area contributed by atoms with Crippen LogP contribution >= 0.6 is 0 Å². The van der Waals surface area contributed by atoms with Gasteiger partial charge in [0.1, 0.15) is 0 Å². The smallest absolute Gasteiger partial charge is 0.270 e. The molecule has 1 amide bonds. The molecular weight excluding hydrogens is 524 g/mol. The predicted octanol–water partition coefficient (Wildman–Crippen LogP) is 5.26. The number of alkyl halides is 2. The van der Waals surface area contributed by atoms with Crippen LogP contribution in [-0.4, -0.2) is 29.9 Å². The Labute approximate surface area is 225 Å². The summed E-state index contributed by atoms with van der Waals surface area (Å²) in [5.41, 5.74) is 2.46. The Hall–Kier alpha value is -3.83. The summed E-state index contributed by atoms with van der Waals surface area (Å²) in [4.78, 5) is 17.5. The van der Waals surface area contributed by atoms with Crippen LogP contribution in [0.5, 0.6) is 0 Å². The van der Waals surface area contributed by atoms with E-state index in [-0.39, 0.29) is 29.0 Å². The molecule has 3 aromatic carbocycles. The van der Waals surface area contributed by atoms with Crippen LogP contribution < -0.4 is 15.8 Å². The predicted molar refractivity (Wildman–Crippen MR) is 146 cm³/mol. The van der Waals surface area contributed by atoms with Crippen LogP contribution in [0.2, 0.25) is 0 Å². The highest BCUT2D eigenvalue weighted by Gasteiger charge is 2.28. The quantitative estimate of drug-likeness (QED) is 0.275. The maximum Gasteiger partial charge on any atom is 0.270 e. The van der Waals surface area contributed by atoms with Gasteiger partial charge in [-0.3, -0.25) is 4.79 Å². The lowest BCUT2D eigenvalue weighted by Crippen LogP contribution is -2.32. The lowest BCUT2D eigenvalue weighted by molar-refractivity contribution is 0.0165. The number of imidazole rings is 1. The van der Waals surface area contributed by atoms with E-state index in [4.69, 9.17) is 5.14 Å². The number of anilines is 2. The summed E-state index contributed by atoms with van der Waals surface area (Å²) in [5, 5.41) is 11.4. The van der Waals surface area contributed by atoms with Crippen molar-refractivity contribution in [2.75, 3.05) is 5.32 Å². The summed E-state index contributed by atoms with van der Waals surface area (Å²) < 4.78 is 53.8. The van der Waals surface area contributed by atoms with E-state index in [0.29, 0.717) is 33.8 Å². The average molecular weight is 554 g/mol. The van der Waals surface area contributed by atoms with Crippen LogP contribution in [0.15, 0.2) is 71.6 Å². The van der Waals surface area contributed by atoms with Crippen molar-refractivity contribution in [3.8, 4) is 0 Å². The number of halogens is 2. The molecule has 1 heterocycles. The Kier molecular flexibility index (Phi) is 7.13. The first kappa shape index (κ1) is 26.8. The Bertz CT molecular complexity index is 1620. The third-order valence-corrected chi connectivity index (χ3v) is 7.89. The van der Waals surface area contributed by atoms with E-state index in [2.05, 4.69) is 15.6 Å². The number of rotatable bonds is 8. The van der Waals surface area contributed by atoms with Crippen molar-refractivity contribution in [1.29, 1.82) is 0 Å². The highest BCUT2D eigenvalue weighted by molar-refractivity contribution is 7.89. The molecule has 4 N–H and O–H groups in total. The number of amides is 1. The fraction of sp³-hybridized carbons (Fsp3) is 0.286. The standard InChI is InChI=1S/C28H29F2N5O3S/c1-28(29,30)23-9-5-2-6-19(23)17-35-25-15-10-18(26(36)32-20-7-3-4-8-20)16-24(25)34-27(35)33-21-11-13-22(14-12-21)39(31,37)38/h2,5-6,9-16,20H,3-4,7-8,17H2,1H3,(H,32,36)(H,33,34)(H2,31,37,38). The van der Waals surface area contributed by atoms with Gasteiger partial charge in [0.05, 0.1) is 22.5 Å². The first-order valence-electron chi connectivity index (χ1n) is 12.7. The van der Waals surface area contributed by atoms with Gasteiger partial charge in [-0.25, -0.2) is 27.3 Å². The second-order valence-corrected chi connectivity index (χ2v) is 11.5. The van der Waals surface area contributed by atoms with Crippen LogP contribution in [0.25, 0.3) is 11.0 Å². The van der Waals surface area contributed by atoms with Crippen LogP contribution in [0.4, 0.5) is 20.4 Å². The molecule has 0 spiro atoms. The average Bonchev–Trinajstić information content (AvgIpc) is 3.51. The summed E-state index contributed by atoms with van der Waals surface area (Å²) in [6.45, 7) is 0.945. The minimum atomic E-state index is -3.86. The highest BCUT2D eigenvalue weighted by Crippen LogP contribution is 2.32. The molecule has 0 radical (unpaired) electrons. The molecule has 0 saturated heterocycles. The fourth-order valence-electron chi connectivity index (χ4n) is 4.98. The monoisotopic (exact) mass is 553 g/mol. The largest absolute Gasteiger partial charge is 0.349 e. The maximum atomic E-state index is 14.4. The lowest BCUT2D eigenvalue weighted by Gasteiger charge is -2.18. The molecule has 0 atom stereocenters. The van der Waals surface area contributed by atoms with Gasteiger partial charge in [0.15, 0.2) is 0 Å². The molecule has 1 aliphatic carbocycles. The summed E-state index contributed by atoms with van der Waals surface area (Å²) >= 11 is 0. The molecule has 0 bridgehead atoms. The van der Waals surface area contributed by atoms with E-state index in [9.17, 15) is 22.0 Å². The molecule has 0 unspecified atom stereocenters. The van der Waals surface area contributed by atoms with Gasteiger partial charge >= 0.3 is 0 Å². The van der Waals surface area contributed by atoms with E-state index in [1.54, 1.807) is 41.0 Å². The van der Waals surface area contributed by atoms with Crippen molar-refractivity contribution in [2.45, 2.75) is 56.0 Å². The summed E-state index contributed by atoms with van der Waals surface area (Å²) in [7, 11) is -3.86. The Morgan fingerprint density at radius 1 is 1.08 bits per heavy atom. The highest BCUT2D eigenvalue weighted by atomic mass is 32.2. The van der Waals surface area contributed by atoms with Gasteiger partial charge < -0.3 is 15.2 Å². The molecule has 1 saturated carbocycles. The SMILES string of the molecule is CC(F)(F)c1ccccc1Cn1c(Nc2ccc(S(N)(=O)=O)cc2)nc2cc(C(=O)NC3CCCC3)ccc21. The first-order chi connectivity index (χ1) is 18.5. The van der Waals surface area contributed by atoms with Gasteiger partial charge in [0.2, 0.25) is 16.0 Å². The van der Waals surface area contributed by atoms with Gasteiger partial charge in [-0.1, -0.05) is 37.1 Å².